The first-order valence-corrected chi connectivity index (χ1v) is 9.97. The van der Waals surface area contributed by atoms with Crippen LogP contribution in [0.1, 0.15) is 16.1 Å². The molecule has 0 aliphatic carbocycles. The van der Waals surface area contributed by atoms with Gasteiger partial charge in [0.05, 0.1) is 15.9 Å². The van der Waals surface area contributed by atoms with Crippen molar-refractivity contribution in [1.82, 2.24) is 9.55 Å². The highest BCUT2D eigenvalue weighted by Crippen LogP contribution is 2.32. The van der Waals surface area contributed by atoms with Gasteiger partial charge in [-0.15, -0.1) is 11.3 Å². The summed E-state index contributed by atoms with van der Waals surface area (Å²) in [6, 6.07) is 19.6. The molecule has 4 rings (SSSR count). The van der Waals surface area contributed by atoms with Crippen molar-refractivity contribution < 1.29 is 9.53 Å². The van der Waals surface area contributed by atoms with Gasteiger partial charge in [0.1, 0.15) is 12.4 Å². The van der Waals surface area contributed by atoms with Crippen molar-refractivity contribution in [3.05, 3.63) is 88.0 Å². The second-order valence-corrected chi connectivity index (χ2v) is 7.55. The number of carbonyl (C=O) groups excluding carboxylic acids is 1. The van der Waals surface area contributed by atoms with E-state index in [-0.39, 0.29) is 0 Å². The summed E-state index contributed by atoms with van der Waals surface area (Å²) in [5, 5.41) is 2.74. The van der Waals surface area contributed by atoms with Crippen molar-refractivity contribution in [2.45, 2.75) is 6.61 Å². The molecule has 0 atom stereocenters. The van der Waals surface area contributed by atoms with Crippen molar-refractivity contribution >= 4 is 33.6 Å². The van der Waals surface area contributed by atoms with Crippen LogP contribution in [0.4, 0.5) is 0 Å². The Bertz CT molecular complexity index is 1070. The maximum atomic E-state index is 11.1. The molecule has 0 bridgehead atoms. The van der Waals surface area contributed by atoms with Crippen LogP contribution in [0.2, 0.25) is 0 Å². The van der Waals surface area contributed by atoms with Gasteiger partial charge in [0.2, 0.25) is 0 Å². The van der Waals surface area contributed by atoms with Crippen molar-refractivity contribution in [3.8, 4) is 22.1 Å². The Kier molecular flexibility index (Phi) is 5.18. The van der Waals surface area contributed by atoms with Gasteiger partial charge in [-0.2, -0.15) is 0 Å². The van der Waals surface area contributed by atoms with Gasteiger partial charge in [-0.05, 0) is 51.8 Å². The third kappa shape index (κ3) is 3.86. The Morgan fingerprint density at radius 1 is 1.11 bits per heavy atom. The fourth-order valence-electron chi connectivity index (χ4n) is 2.68. The predicted molar refractivity (Wildman–Crippen MR) is 111 cm³/mol. The highest BCUT2D eigenvalue weighted by molar-refractivity contribution is 9.10. The summed E-state index contributed by atoms with van der Waals surface area (Å²) in [5.41, 5.74) is 3.55. The molecule has 0 amide bonds. The monoisotopic (exact) mass is 438 g/mol. The van der Waals surface area contributed by atoms with Crippen LogP contribution in [-0.2, 0) is 6.61 Å². The van der Waals surface area contributed by atoms with E-state index >= 15 is 0 Å². The Morgan fingerprint density at radius 2 is 1.96 bits per heavy atom. The van der Waals surface area contributed by atoms with Crippen molar-refractivity contribution in [3.63, 3.8) is 0 Å². The van der Waals surface area contributed by atoms with Crippen molar-refractivity contribution in [2.24, 2.45) is 0 Å². The molecular weight excluding hydrogens is 424 g/mol. The van der Waals surface area contributed by atoms with Crippen LogP contribution in [0.5, 0.6) is 5.75 Å². The SMILES string of the molecule is O=Cc1cccn1-c1nc(-c2ccc(OCc3ccccc3)c(Br)c2)cs1. The molecular formula is C21H15BrN2O2S. The Hall–Kier alpha value is -2.70. The van der Waals surface area contributed by atoms with E-state index in [1.807, 2.05) is 66.2 Å². The average molecular weight is 439 g/mol. The lowest BCUT2D eigenvalue weighted by Gasteiger charge is -2.09. The molecule has 27 heavy (non-hydrogen) atoms. The summed E-state index contributed by atoms with van der Waals surface area (Å²) in [6.45, 7) is 0.516. The molecule has 0 saturated heterocycles. The van der Waals surface area contributed by atoms with E-state index in [0.29, 0.717) is 12.3 Å². The summed E-state index contributed by atoms with van der Waals surface area (Å²) >= 11 is 5.08. The fraction of sp³-hybridized carbons (Fsp3) is 0.0476. The summed E-state index contributed by atoms with van der Waals surface area (Å²) in [4.78, 5) is 15.8. The summed E-state index contributed by atoms with van der Waals surface area (Å²) in [5.74, 6) is 0.784. The summed E-state index contributed by atoms with van der Waals surface area (Å²) < 4.78 is 8.56. The van der Waals surface area contributed by atoms with Gasteiger partial charge in [-0.25, -0.2) is 4.98 Å². The zero-order valence-corrected chi connectivity index (χ0v) is 16.6. The largest absolute Gasteiger partial charge is 0.488 e. The van der Waals surface area contributed by atoms with Crippen molar-refractivity contribution in [2.75, 3.05) is 0 Å². The third-order valence-corrected chi connectivity index (χ3v) is 5.52. The first kappa shape index (κ1) is 17.7. The molecule has 2 heterocycles. The molecule has 0 unspecified atom stereocenters. The maximum absolute atomic E-state index is 11.1. The number of thiazole rings is 1. The van der Waals surface area contributed by atoms with E-state index in [0.717, 1.165) is 38.5 Å². The molecule has 0 radical (unpaired) electrons. The molecule has 6 heteroatoms. The number of carbonyl (C=O) groups is 1. The smallest absolute Gasteiger partial charge is 0.194 e. The lowest BCUT2D eigenvalue weighted by molar-refractivity contribution is 0.111. The highest BCUT2D eigenvalue weighted by atomic mass is 79.9. The Balaban J connectivity index is 1.53. The van der Waals surface area contributed by atoms with Gasteiger partial charge in [0.25, 0.3) is 0 Å². The minimum atomic E-state index is 0.516. The number of hydrogen-bond acceptors (Lipinski definition) is 4. The number of ether oxygens (including phenoxy) is 1. The fourth-order valence-corrected chi connectivity index (χ4v) is 4.01. The van der Waals surface area contributed by atoms with Crippen LogP contribution in [0.3, 0.4) is 0 Å². The number of rotatable bonds is 6. The zero-order chi connectivity index (χ0) is 18.6. The number of benzene rings is 2. The van der Waals surface area contributed by atoms with E-state index < -0.39 is 0 Å². The molecule has 0 N–H and O–H groups in total. The van der Waals surface area contributed by atoms with Gasteiger partial charge in [0.15, 0.2) is 11.4 Å². The molecule has 134 valence electrons. The van der Waals surface area contributed by atoms with Gasteiger partial charge < -0.3 is 4.74 Å². The number of aromatic nitrogens is 2. The topological polar surface area (TPSA) is 44.1 Å². The lowest BCUT2D eigenvalue weighted by atomic mass is 10.2. The van der Waals surface area contributed by atoms with Crippen molar-refractivity contribution in [1.29, 1.82) is 0 Å². The Labute approximate surface area is 169 Å². The number of halogens is 1. The highest BCUT2D eigenvalue weighted by Gasteiger charge is 2.11. The summed E-state index contributed by atoms with van der Waals surface area (Å²) in [6.07, 6.45) is 2.67. The average Bonchev–Trinajstić information content (AvgIpc) is 3.36. The molecule has 0 spiro atoms. The lowest BCUT2D eigenvalue weighted by Crippen LogP contribution is -1.97. The molecule has 4 nitrogen and oxygen atoms in total. The minimum absolute atomic E-state index is 0.516. The second kappa shape index (κ2) is 7.90. The minimum Gasteiger partial charge on any atom is -0.488 e. The molecule has 2 aromatic carbocycles. The third-order valence-electron chi connectivity index (χ3n) is 4.06. The van der Waals surface area contributed by atoms with Gasteiger partial charge in [-0.1, -0.05) is 30.3 Å². The van der Waals surface area contributed by atoms with E-state index in [2.05, 4.69) is 20.9 Å². The van der Waals surface area contributed by atoms with Crippen LogP contribution in [0.25, 0.3) is 16.4 Å². The zero-order valence-electron chi connectivity index (χ0n) is 14.2. The van der Waals surface area contributed by atoms with Crippen LogP contribution in [-0.4, -0.2) is 15.8 Å². The van der Waals surface area contributed by atoms with Gasteiger partial charge in [-0.3, -0.25) is 9.36 Å². The summed E-state index contributed by atoms with van der Waals surface area (Å²) in [7, 11) is 0. The van der Waals surface area contributed by atoms with Gasteiger partial charge >= 0.3 is 0 Å². The van der Waals surface area contributed by atoms with Crippen LogP contribution in [0, 0.1) is 0 Å². The molecule has 2 aromatic heterocycles. The van der Waals surface area contributed by atoms with E-state index in [1.165, 1.54) is 11.3 Å². The molecule has 4 aromatic rings. The standard InChI is InChI=1S/C21H15BrN2O2S/c22-18-11-16(8-9-20(18)26-13-15-5-2-1-3-6-15)19-14-27-21(23-19)24-10-4-7-17(24)12-25/h1-12,14H,13H2. The van der Waals surface area contributed by atoms with E-state index in [4.69, 9.17) is 4.74 Å². The molecule has 0 aliphatic heterocycles. The second-order valence-electron chi connectivity index (χ2n) is 5.86. The first-order valence-electron chi connectivity index (χ1n) is 8.29. The molecule has 0 saturated carbocycles. The van der Waals surface area contributed by atoms with Crippen LogP contribution in [0.15, 0.2) is 76.7 Å². The normalized spacial score (nSPS) is 10.7. The van der Waals surface area contributed by atoms with E-state index in [1.54, 1.807) is 10.6 Å². The first-order chi connectivity index (χ1) is 13.2. The number of aldehydes is 1. The quantitative estimate of drug-likeness (QED) is 0.359. The number of hydrogen-bond donors (Lipinski definition) is 0. The number of nitrogens with zero attached hydrogens (tertiary/aromatic N) is 2. The van der Waals surface area contributed by atoms with Gasteiger partial charge in [0, 0.05) is 17.1 Å². The van der Waals surface area contributed by atoms with Crippen LogP contribution >= 0.6 is 27.3 Å². The Morgan fingerprint density at radius 3 is 2.74 bits per heavy atom. The molecule has 0 aliphatic rings. The maximum Gasteiger partial charge on any atom is 0.194 e. The van der Waals surface area contributed by atoms with E-state index in [9.17, 15) is 4.79 Å². The van der Waals surface area contributed by atoms with Crippen LogP contribution < -0.4 is 4.74 Å². The molecule has 0 fully saturated rings. The predicted octanol–water partition coefficient (Wildman–Crippen LogP) is 5.75.